The van der Waals surface area contributed by atoms with Gasteiger partial charge in [-0.25, -0.2) is 0 Å². The molecule has 0 spiro atoms. The van der Waals surface area contributed by atoms with E-state index < -0.39 is 0 Å². The predicted octanol–water partition coefficient (Wildman–Crippen LogP) is 3.20. The SMILES string of the molecule is COCCCCCNCc1ccc(I)cc1. The summed E-state index contributed by atoms with van der Waals surface area (Å²) < 4.78 is 6.30. The van der Waals surface area contributed by atoms with Crippen LogP contribution in [0.5, 0.6) is 0 Å². The molecule has 0 fully saturated rings. The zero-order valence-corrected chi connectivity index (χ0v) is 12.0. The molecule has 1 aromatic carbocycles. The number of benzene rings is 1. The Morgan fingerprint density at radius 1 is 1.12 bits per heavy atom. The van der Waals surface area contributed by atoms with Gasteiger partial charge in [0.1, 0.15) is 0 Å². The average Bonchev–Trinajstić information content (AvgIpc) is 2.30. The maximum absolute atomic E-state index is 5.01. The van der Waals surface area contributed by atoms with Crippen molar-refractivity contribution < 1.29 is 4.74 Å². The molecular formula is C13H20INO. The number of rotatable bonds is 8. The van der Waals surface area contributed by atoms with Crippen LogP contribution in [0.1, 0.15) is 24.8 Å². The van der Waals surface area contributed by atoms with E-state index in [9.17, 15) is 0 Å². The van der Waals surface area contributed by atoms with Crippen LogP contribution in [-0.4, -0.2) is 20.3 Å². The highest BCUT2D eigenvalue weighted by molar-refractivity contribution is 14.1. The van der Waals surface area contributed by atoms with E-state index in [1.54, 1.807) is 7.11 Å². The van der Waals surface area contributed by atoms with E-state index in [0.717, 1.165) is 19.7 Å². The van der Waals surface area contributed by atoms with E-state index in [1.807, 2.05) is 0 Å². The van der Waals surface area contributed by atoms with E-state index >= 15 is 0 Å². The van der Waals surface area contributed by atoms with Gasteiger partial charge < -0.3 is 10.1 Å². The number of unbranched alkanes of at least 4 members (excludes halogenated alkanes) is 2. The number of hydrogen-bond donors (Lipinski definition) is 1. The maximum atomic E-state index is 5.01. The van der Waals surface area contributed by atoms with Crippen LogP contribution >= 0.6 is 22.6 Å². The monoisotopic (exact) mass is 333 g/mol. The van der Waals surface area contributed by atoms with E-state index in [2.05, 4.69) is 52.2 Å². The molecule has 0 aliphatic rings. The molecule has 0 bridgehead atoms. The summed E-state index contributed by atoms with van der Waals surface area (Å²) in [6, 6.07) is 8.66. The van der Waals surface area contributed by atoms with Crippen LogP contribution in [0.25, 0.3) is 0 Å². The number of nitrogens with one attached hydrogen (secondary N) is 1. The van der Waals surface area contributed by atoms with E-state index in [1.165, 1.54) is 28.4 Å². The van der Waals surface area contributed by atoms with Crippen molar-refractivity contribution in [3.05, 3.63) is 33.4 Å². The first-order valence-corrected chi connectivity index (χ1v) is 6.85. The van der Waals surface area contributed by atoms with Crippen molar-refractivity contribution in [1.82, 2.24) is 5.32 Å². The Morgan fingerprint density at radius 2 is 1.88 bits per heavy atom. The Kier molecular flexibility index (Phi) is 7.80. The van der Waals surface area contributed by atoms with Gasteiger partial charge in [-0.1, -0.05) is 12.1 Å². The van der Waals surface area contributed by atoms with Crippen molar-refractivity contribution in [2.45, 2.75) is 25.8 Å². The van der Waals surface area contributed by atoms with Crippen LogP contribution < -0.4 is 5.32 Å². The van der Waals surface area contributed by atoms with Gasteiger partial charge in [0.25, 0.3) is 0 Å². The van der Waals surface area contributed by atoms with Crippen LogP contribution in [0.2, 0.25) is 0 Å². The normalized spacial score (nSPS) is 10.6. The van der Waals surface area contributed by atoms with Gasteiger partial charge in [0.15, 0.2) is 0 Å². The van der Waals surface area contributed by atoms with Crippen molar-refractivity contribution in [2.24, 2.45) is 0 Å². The molecule has 0 aliphatic heterocycles. The molecule has 2 nitrogen and oxygen atoms in total. The van der Waals surface area contributed by atoms with Crippen LogP contribution in [0, 0.1) is 3.57 Å². The number of halogens is 1. The average molecular weight is 333 g/mol. The van der Waals surface area contributed by atoms with E-state index in [4.69, 9.17) is 4.74 Å². The molecule has 0 heterocycles. The van der Waals surface area contributed by atoms with E-state index in [-0.39, 0.29) is 0 Å². The van der Waals surface area contributed by atoms with Crippen molar-refractivity contribution in [3.63, 3.8) is 0 Å². The summed E-state index contributed by atoms with van der Waals surface area (Å²) in [4.78, 5) is 0. The van der Waals surface area contributed by atoms with Crippen molar-refractivity contribution in [1.29, 1.82) is 0 Å². The minimum atomic E-state index is 0.886. The number of methoxy groups -OCH3 is 1. The molecular weight excluding hydrogens is 313 g/mol. The molecule has 0 saturated heterocycles. The molecule has 16 heavy (non-hydrogen) atoms. The first-order chi connectivity index (χ1) is 7.83. The summed E-state index contributed by atoms with van der Waals surface area (Å²) in [6.07, 6.45) is 3.64. The van der Waals surface area contributed by atoms with Crippen molar-refractivity contribution in [2.75, 3.05) is 20.3 Å². The van der Waals surface area contributed by atoms with Gasteiger partial charge in [-0.15, -0.1) is 0 Å². The van der Waals surface area contributed by atoms with Crippen LogP contribution in [0.3, 0.4) is 0 Å². The highest BCUT2D eigenvalue weighted by atomic mass is 127. The Morgan fingerprint density at radius 3 is 2.56 bits per heavy atom. The van der Waals surface area contributed by atoms with Crippen molar-refractivity contribution >= 4 is 22.6 Å². The first kappa shape index (κ1) is 13.9. The topological polar surface area (TPSA) is 21.3 Å². The molecule has 0 amide bonds. The standard InChI is InChI=1S/C13H20INO/c1-16-10-4-2-3-9-15-11-12-5-7-13(14)8-6-12/h5-8,15H,2-4,9-11H2,1H3. The fraction of sp³-hybridized carbons (Fsp3) is 0.538. The smallest absolute Gasteiger partial charge is 0.0462 e. The minimum Gasteiger partial charge on any atom is -0.385 e. The lowest BCUT2D eigenvalue weighted by Gasteiger charge is -2.05. The molecule has 1 N–H and O–H groups in total. The lowest BCUT2D eigenvalue weighted by atomic mass is 10.2. The fourth-order valence-corrected chi connectivity index (χ4v) is 1.87. The molecule has 0 aliphatic carbocycles. The van der Waals surface area contributed by atoms with Gasteiger partial charge in [0.05, 0.1) is 0 Å². The molecule has 90 valence electrons. The number of ether oxygens (including phenoxy) is 1. The summed E-state index contributed by atoms with van der Waals surface area (Å²) in [6.45, 7) is 2.95. The first-order valence-electron chi connectivity index (χ1n) is 5.77. The molecule has 0 atom stereocenters. The van der Waals surface area contributed by atoms with Gasteiger partial charge in [-0.05, 0) is 66.1 Å². The summed E-state index contributed by atoms with van der Waals surface area (Å²) in [5.74, 6) is 0. The predicted molar refractivity (Wildman–Crippen MR) is 76.6 cm³/mol. The third-order valence-corrected chi connectivity index (χ3v) is 3.16. The lowest BCUT2D eigenvalue weighted by molar-refractivity contribution is 0.192. The minimum absolute atomic E-state index is 0.886. The molecule has 0 saturated carbocycles. The molecule has 0 unspecified atom stereocenters. The van der Waals surface area contributed by atoms with Gasteiger partial charge in [-0.3, -0.25) is 0 Å². The Labute approximate surface area is 112 Å². The molecule has 1 aromatic rings. The zero-order valence-electron chi connectivity index (χ0n) is 9.84. The second kappa shape index (κ2) is 8.96. The molecule has 1 rings (SSSR count). The summed E-state index contributed by atoms with van der Waals surface area (Å²) in [5, 5.41) is 3.45. The highest BCUT2D eigenvalue weighted by Crippen LogP contribution is 2.06. The molecule has 3 heteroatoms. The third kappa shape index (κ3) is 6.45. The van der Waals surface area contributed by atoms with Gasteiger partial charge in [0, 0.05) is 23.8 Å². The second-order valence-corrected chi connectivity index (χ2v) is 5.10. The maximum Gasteiger partial charge on any atom is 0.0462 e. The van der Waals surface area contributed by atoms with Crippen LogP contribution in [0.4, 0.5) is 0 Å². The summed E-state index contributed by atoms with van der Waals surface area (Å²) in [7, 11) is 1.76. The zero-order chi connectivity index (χ0) is 11.6. The van der Waals surface area contributed by atoms with Gasteiger partial charge >= 0.3 is 0 Å². The van der Waals surface area contributed by atoms with Crippen LogP contribution in [-0.2, 0) is 11.3 Å². The quantitative estimate of drug-likeness (QED) is 0.583. The number of hydrogen-bond acceptors (Lipinski definition) is 2. The summed E-state index contributed by atoms with van der Waals surface area (Å²) in [5.41, 5.74) is 1.36. The van der Waals surface area contributed by atoms with Crippen molar-refractivity contribution in [3.8, 4) is 0 Å². The fourth-order valence-electron chi connectivity index (χ4n) is 1.51. The van der Waals surface area contributed by atoms with E-state index in [0.29, 0.717) is 0 Å². The van der Waals surface area contributed by atoms with Gasteiger partial charge in [-0.2, -0.15) is 0 Å². The lowest BCUT2D eigenvalue weighted by Crippen LogP contribution is -2.14. The Balaban J connectivity index is 2.01. The Bertz CT molecular complexity index is 274. The summed E-state index contributed by atoms with van der Waals surface area (Å²) >= 11 is 2.33. The largest absolute Gasteiger partial charge is 0.385 e. The molecule has 0 radical (unpaired) electrons. The third-order valence-electron chi connectivity index (χ3n) is 2.44. The van der Waals surface area contributed by atoms with Crippen LogP contribution in [0.15, 0.2) is 24.3 Å². The van der Waals surface area contributed by atoms with Gasteiger partial charge in [0.2, 0.25) is 0 Å². The Hall–Kier alpha value is -0.130. The second-order valence-electron chi connectivity index (χ2n) is 3.86. The highest BCUT2D eigenvalue weighted by Gasteiger charge is 1.93. The molecule has 0 aromatic heterocycles.